The van der Waals surface area contributed by atoms with Gasteiger partial charge in [0.05, 0.1) is 5.75 Å². The number of sulfone groups is 1. The number of alkyl halides is 3. The van der Waals surface area contributed by atoms with Gasteiger partial charge in [0.2, 0.25) is 0 Å². The Morgan fingerprint density at radius 2 is 2.00 bits per heavy atom. The molecule has 0 spiro atoms. The Balaban J connectivity index is 2.46. The highest BCUT2D eigenvalue weighted by molar-refractivity contribution is 8.05. The van der Waals surface area contributed by atoms with Crippen molar-refractivity contribution in [3.05, 3.63) is 16.2 Å². The quantitative estimate of drug-likeness (QED) is 0.775. The SMILES string of the molecule is Cn1nc(C(F)(F)F)c(CS(=O)(=O)C2=NOC(C)(C)C2)c1N=O. The summed E-state index contributed by atoms with van der Waals surface area (Å²) in [5.41, 5.74) is -3.13. The van der Waals surface area contributed by atoms with E-state index in [0.717, 1.165) is 7.05 Å². The first-order chi connectivity index (χ1) is 10.4. The van der Waals surface area contributed by atoms with Crippen LogP contribution in [0.5, 0.6) is 0 Å². The summed E-state index contributed by atoms with van der Waals surface area (Å²) in [5.74, 6) is -1.78. The fourth-order valence-electron chi connectivity index (χ4n) is 2.08. The third-order valence-electron chi connectivity index (χ3n) is 3.13. The van der Waals surface area contributed by atoms with Gasteiger partial charge in [-0.15, -0.1) is 4.91 Å². The van der Waals surface area contributed by atoms with Crippen LogP contribution in [0.1, 0.15) is 31.5 Å². The molecule has 0 amide bonds. The molecule has 0 N–H and O–H groups in total. The first kappa shape index (κ1) is 17.4. The summed E-state index contributed by atoms with van der Waals surface area (Å²) >= 11 is 0. The third-order valence-corrected chi connectivity index (χ3v) is 4.74. The van der Waals surface area contributed by atoms with E-state index in [-0.39, 0.29) is 11.5 Å². The normalized spacial score (nSPS) is 17.7. The second-order valence-electron chi connectivity index (χ2n) is 5.64. The molecule has 8 nitrogen and oxygen atoms in total. The molecular formula is C11H13F3N4O4S. The van der Waals surface area contributed by atoms with Crippen LogP contribution in [0.4, 0.5) is 19.0 Å². The van der Waals surface area contributed by atoms with Crippen molar-refractivity contribution in [3.8, 4) is 0 Å². The molecule has 0 unspecified atom stereocenters. The lowest BCUT2D eigenvalue weighted by molar-refractivity contribution is -0.141. The minimum Gasteiger partial charge on any atom is -0.389 e. The van der Waals surface area contributed by atoms with Crippen molar-refractivity contribution in [2.45, 2.75) is 37.8 Å². The Morgan fingerprint density at radius 3 is 2.43 bits per heavy atom. The zero-order valence-corrected chi connectivity index (χ0v) is 13.2. The Hall–Kier alpha value is -1.98. The number of hydrogen-bond acceptors (Lipinski definition) is 7. The van der Waals surface area contributed by atoms with Gasteiger partial charge in [-0.1, -0.05) is 5.16 Å². The van der Waals surface area contributed by atoms with Crippen LogP contribution >= 0.6 is 0 Å². The third kappa shape index (κ3) is 3.35. The molecule has 0 saturated heterocycles. The van der Waals surface area contributed by atoms with Gasteiger partial charge in [-0.05, 0) is 19.0 Å². The molecule has 0 aromatic carbocycles. The van der Waals surface area contributed by atoms with E-state index in [2.05, 4.69) is 15.4 Å². The highest BCUT2D eigenvalue weighted by Gasteiger charge is 2.43. The average molecular weight is 354 g/mol. The predicted octanol–water partition coefficient (Wildman–Crippen LogP) is 2.26. The van der Waals surface area contributed by atoms with Gasteiger partial charge in [0.25, 0.3) is 0 Å². The van der Waals surface area contributed by atoms with Crippen molar-refractivity contribution in [3.63, 3.8) is 0 Å². The molecule has 2 rings (SSSR count). The Morgan fingerprint density at radius 1 is 1.39 bits per heavy atom. The Bertz CT molecular complexity index is 780. The van der Waals surface area contributed by atoms with Gasteiger partial charge < -0.3 is 4.84 Å². The van der Waals surface area contributed by atoms with E-state index >= 15 is 0 Å². The number of rotatable bonds is 3. The molecule has 12 heteroatoms. The molecule has 0 bridgehead atoms. The van der Waals surface area contributed by atoms with E-state index in [0.29, 0.717) is 4.68 Å². The van der Waals surface area contributed by atoms with Gasteiger partial charge in [-0.25, -0.2) is 13.1 Å². The lowest BCUT2D eigenvalue weighted by Gasteiger charge is -2.13. The summed E-state index contributed by atoms with van der Waals surface area (Å²) in [4.78, 5) is 15.7. The van der Waals surface area contributed by atoms with E-state index in [4.69, 9.17) is 4.84 Å². The van der Waals surface area contributed by atoms with Crippen LogP contribution < -0.4 is 0 Å². The Labute approximate surface area is 129 Å². The highest BCUT2D eigenvalue weighted by Crippen LogP contribution is 2.37. The van der Waals surface area contributed by atoms with Crippen molar-refractivity contribution < 1.29 is 26.4 Å². The van der Waals surface area contributed by atoms with Crippen LogP contribution in [-0.2, 0) is 33.7 Å². The standard InChI is InChI=1S/C11H13F3N4O4S/c1-10(2)4-7(17-22-10)23(20,21)5-6-8(11(12,13)14)15-18(3)9(6)16-19/h4-5H2,1-3H3. The van der Waals surface area contributed by atoms with Gasteiger partial charge >= 0.3 is 6.18 Å². The molecule has 1 aliphatic rings. The van der Waals surface area contributed by atoms with Gasteiger partial charge in [0, 0.05) is 19.0 Å². The van der Waals surface area contributed by atoms with Crippen molar-refractivity contribution >= 4 is 20.7 Å². The van der Waals surface area contributed by atoms with Crippen LogP contribution in [0, 0.1) is 4.91 Å². The maximum absolute atomic E-state index is 13.0. The summed E-state index contributed by atoms with van der Waals surface area (Å²) < 4.78 is 64.1. The fourth-order valence-corrected chi connectivity index (χ4v) is 3.61. The number of oxime groups is 1. The molecule has 0 fully saturated rings. The van der Waals surface area contributed by atoms with Crippen LogP contribution in [-0.4, -0.2) is 28.8 Å². The zero-order valence-electron chi connectivity index (χ0n) is 12.4. The van der Waals surface area contributed by atoms with E-state index in [1.165, 1.54) is 0 Å². The molecule has 0 atom stereocenters. The smallest absolute Gasteiger partial charge is 0.389 e. The first-order valence-corrected chi connectivity index (χ1v) is 7.97. The summed E-state index contributed by atoms with van der Waals surface area (Å²) in [6, 6.07) is 0. The molecule has 0 radical (unpaired) electrons. The van der Waals surface area contributed by atoms with Crippen molar-refractivity contribution in [2.75, 3.05) is 0 Å². The maximum atomic E-state index is 13.0. The van der Waals surface area contributed by atoms with E-state index in [9.17, 15) is 26.5 Å². The van der Waals surface area contributed by atoms with Crippen LogP contribution in [0.15, 0.2) is 10.3 Å². The molecule has 2 heterocycles. The van der Waals surface area contributed by atoms with Gasteiger partial charge in [0.15, 0.2) is 26.4 Å². The maximum Gasteiger partial charge on any atom is 0.435 e. The van der Waals surface area contributed by atoms with Crippen LogP contribution in [0.3, 0.4) is 0 Å². The van der Waals surface area contributed by atoms with Gasteiger partial charge in [-0.2, -0.15) is 18.3 Å². The van der Waals surface area contributed by atoms with Crippen molar-refractivity contribution in [2.24, 2.45) is 17.4 Å². The molecule has 0 saturated carbocycles. The summed E-state index contributed by atoms with van der Waals surface area (Å²) in [6.07, 6.45) is -5.00. The zero-order chi connectivity index (χ0) is 17.6. The number of nitroso groups, excluding NO2 is 1. The summed E-state index contributed by atoms with van der Waals surface area (Å²) in [6.45, 7) is 3.17. The first-order valence-electron chi connectivity index (χ1n) is 6.31. The van der Waals surface area contributed by atoms with Crippen molar-refractivity contribution in [1.29, 1.82) is 0 Å². The van der Waals surface area contributed by atoms with E-state index in [1.807, 2.05) is 0 Å². The fraction of sp³-hybridized carbons (Fsp3) is 0.636. The van der Waals surface area contributed by atoms with Crippen LogP contribution in [0.2, 0.25) is 0 Å². The predicted molar refractivity (Wildman–Crippen MR) is 73.5 cm³/mol. The number of halogens is 3. The second kappa shape index (κ2) is 5.28. The highest BCUT2D eigenvalue weighted by atomic mass is 32.2. The minimum atomic E-state index is -4.92. The molecular weight excluding hydrogens is 341 g/mol. The number of aromatic nitrogens is 2. The lowest BCUT2D eigenvalue weighted by Crippen LogP contribution is -2.24. The van der Waals surface area contributed by atoms with Gasteiger partial charge in [0.1, 0.15) is 5.60 Å². The Kier molecular flexibility index (Phi) is 3.99. The number of aryl methyl sites for hydroxylation is 1. The summed E-state index contributed by atoms with van der Waals surface area (Å²) in [7, 11) is -3.14. The van der Waals surface area contributed by atoms with E-state index in [1.54, 1.807) is 13.8 Å². The van der Waals surface area contributed by atoms with Crippen molar-refractivity contribution in [1.82, 2.24) is 9.78 Å². The molecule has 1 aliphatic heterocycles. The molecule has 1 aromatic heterocycles. The largest absolute Gasteiger partial charge is 0.435 e. The van der Waals surface area contributed by atoms with Crippen LogP contribution in [0.25, 0.3) is 0 Å². The molecule has 23 heavy (non-hydrogen) atoms. The monoisotopic (exact) mass is 354 g/mol. The molecule has 1 aromatic rings. The van der Waals surface area contributed by atoms with E-state index < -0.39 is 44.4 Å². The van der Waals surface area contributed by atoms with Gasteiger partial charge in [-0.3, -0.25) is 0 Å². The summed E-state index contributed by atoms with van der Waals surface area (Å²) in [5, 5.41) is 8.66. The lowest BCUT2D eigenvalue weighted by atomic mass is 10.1. The number of hydrogen-bond donors (Lipinski definition) is 0. The molecule has 0 aliphatic carbocycles. The minimum absolute atomic E-state index is 0.0825. The topological polar surface area (TPSA) is 103 Å². The molecule has 128 valence electrons. The average Bonchev–Trinajstić information content (AvgIpc) is 2.89. The number of nitrogens with zero attached hydrogens (tertiary/aromatic N) is 4. The second-order valence-corrected chi connectivity index (χ2v) is 7.62.